The molecule has 0 spiro atoms. The topological polar surface area (TPSA) is 45.2 Å². The number of nitrogens with zero attached hydrogens (tertiary/aromatic N) is 2. The van der Waals surface area contributed by atoms with Gasteiger partial charge in [0.05, 0.1) is 10.7 Å². The second-order valence-corrected chi connectivity index (χ2v) is 7.70. The van der Waals surface area contributed by atoms with Crippen molar-refractivity contribution in [2.24, 2.45) is 0 Å². The predicted molar refractivity (Wildman–Crippen MR) is 95.8 cm³/mol. The van der Waals surface area contributed by atoms with E-state index in [4.69, 9.17) is 4.98 Å². The van der Waals surface area contributed by atoms with Crippen LogP contribution < -0.4 is 5.32 Å². The Bertz CT molecular complexity index is 656. The summed E-state index contributed by atoms with van der Waals surface area (Å²) in [6, 6.07) is 7.73. The highest BCUT2D eigenvalue weighted by molar-refractivity contribution is 7.09. The van der Waals surface area contributed by atoms with Crippen molar-refractivity contribution in [2.45, 2.75) is 39.3 Å². The van der Waals surface area contributed by atoms with E-state index in [-0.39, 0.29) is 11.3 Å². The molecule has 1 N–H and O–H groups in total. The average Bonchev–Trinajstić information content (AvgIpc) is 2.95. The zero-order chi connectivity index (χ0) is 17.0. The molecule has 0 saturated carbocycles. The van der Waals surface area contributed by atoms with Crippen LogP contribution in [0.1, 0.15) is 47.4 Å². The molecule has 1 amide bonds. The Hall–Kier alpha value is -1.72. The highest BCUT2D eigenvalue weighted by Gasteiger charge is 2.18. The summed E-state index contributed by atoms with van der Waals surface area (Å²) in [4.78, 5) is 18.5. The lowest BCUT2D eigenvalue weighted by atomic mass is 9.98. The Balaban J connectivity index is 1.95. The molecule has 2 rings (SSSR count). The molecule has 0 unspecified atom stereocenters. The van der Waals surface area contributed by atoms with E-state index in [1.807, 2.05) is 24.3 Å². The molecule has 2 aromatic rings. The maximum atomic E-state index is 11.5. The van der Waals surface area contributed by atoms with E-state index in [2.05, 4.69) is 43.4 Å². The highest BCUT2D eigenvalue weighted by atomic mass is 32.1. The van der Waals surface area contributed by atoms with Crippen LogP contribution in [-0.4, -0.2) is 29.9 Å². The molecule has 1 heterocycles. The Morgan fingerprint density at radius 2 is 1.87 bits per heavy atom. The number of rotatable bonds is 5. The van der Waals surface area contributed by atoms with Crippen LogP contribution in [0.25, 0.3) is 0 Å². The third-order valence-electron chi connectivity index (χ3n) is 3.52. The van der Waals surface area contributed by atoms with Crippen molar-refractivity contribution in [1.82, 2.24) is 15.2 Å². The van der Waals surface area contributed by atoms with Gasteiger partial charge in [0.1, 0.15) is 0 Å². The quantitative estimate of drug-likeness (QED) is 0.913. The van der Waals surface area contributed by atoms with Gasteiger partial charge in [-0.25, -0.2) is 4.98 Å². The maximum Gasteiger partial charge on any atom is 0.251 e. The first-order valence-corrected chi connectivity index (χ1v) is 8.62. The third kappa shape index (κ3) is 4.88. The predicted octanol–water partition coefficient (Wildman–Crippen LogP) is 3.43. The summed E-state index contributed by atoms with van der Waals surface area (Å²) in [6.45, 7) is 8.22. The monoisotopic (exact) mass is 331 g/mol. The van der Waals surface area contributed by atoms with Gasteiger partial charge in [0.15, 0.2) is 0 Å². The van der Waals surface area contributed by atoms with E-state index >= 15 is 0 Å². The van der Waals surface area contributed by atoms with Gasteiger partial charge < -0.3 is 5.32 Å². The SMILES string of the molecule is CNC(=O)c1ccc(CN(C)Cc2csc(C(C)(C)C)n2)cc1. The van der Waals surface area contributed by atoms with Crippen molar-refractivity contribution in [3.63, 3.8) is 0 Å². The number of hydrogen-bond acceptors (Lipinski definition) is 4. The van der Waals surface area contributed by atoms with Gasteiger partial charge in [0.25, 0.3) is 5.91 Å². The molecule has 0 aliphatic heterocycles. The lowest BCUT2D eigenvalue weighted by Gasteiger charge is -2.16. The molecule has 1 aromatic carbocycles. The molecule has 0 radical (unpaired) electrons. The fraction of sp³-hybridized carbons (Fsp3) is 0.444. The van der Waals surface area contributed by atoms with E-state index in [1.54, 1.807) is 18.4 Å². The van der Waals surface area contributed by atoms with E-state index in [1.165, 1.54) is 10.6 Å². The van der Waals surface area contributed by atoms with Gasteiger partial charge in [0.2, 0.25) is 0 Å². The summed E-state index contributed by atoms with van der Waals surface area (Å²) in [5.74, 6) is -0.0536. The van der Waals surface area contributed by atoms with Crippen molar-refractivity contribution in [3.05, 3.63) is 51.5 Å². The van der Waals surface area contributed by atoms with Gasteiger partial charge in [0, 0.05) is 36.5 Å². The summed E-state index contributed by atoms with van der Waals surface area (Å²) in [5, 5.41) is 5.95. The number of thiazole rings is 1. The average molecular weight is 331 g/mol. The van der Waals surface area contributed by atoms with E-state index in [0.29, 0.717) is 5.56 Å². The number of aromatic nitrogens is 1. The molecule has 0 aliphatic carbocycles. The molecular formula is C18H25N3OS. The fourth-order valence-electron chi connectivity index (χ4n) is 2.27. The second-order valence-electron chi connectivity index (χ2n) is 6.84. The third-order valence-corrected chi connectivity index (χ3v) is 4.84. The highest BCUT2D eigenvalue weighted by Crippen LogP contribution is 2.26. The molecule has 23 heavy (non-hydrogen) atoms. The van der Waals surface area contributed by atoms with Gasteiger partial charge in [-0.15, -0.1) is 11.3 Å². The van der Waals surface area contributed by atoms with Gasteiger partial charge in [-0.1, -0.05) is 32.9 Å². The summed E-state index contributed by atoms with van der Waals surface area (Å²) >= 11 is 1.73. The van der Waals surface area contributed by atoms with Crippen molar-refractivity contribution in [3.8, 4) is 0 Å². The molecular weight excluding hydrogens is 306 g/mol. The summed E-state index contributed by atoms with van der Waals surface area (Å²) in [6.07, 6.45) is 0. The molecule has 0 atom stereocenters. The van der Waals surface area contributed by atoms with Crippen LogP contribution in [0, 0.1) is 0 Å². The summed E-state index contributed by atoms with van der Waals surface area (Å²) < 4.78 is 0. The van der Waals surface area contributed by atoms with Gasteiger partial charge >= 0.3 is 0 Å². The second kappa shape index (κ2) is 7.23. The van der Waals surface area contributed by atoms with E-state index < -0.39 is 0 Å². The van der Waals surface area contributed by atoms with Gasteiger partial charge in [-0.2, -0.15) is 0 Å². The Labute approximate surface area is 142 Å². The smallest absolute Gasteiger partial charge is 0.251 e. The number of amides is 1. The van der Waals surface area contributed by atoms with Gasteiger partial charge in [-0.3, -0.25) is 9.69 Å². The summed E-state index contributed by atoms with van der Waals surface area (Å²) in [5.41, 5.74) is 3.10. The Kier molecular flexibility index (Phi) is 5.55. The number of carbonyl (C=O) groups is 1. The first-order chi connectivity index (χ1) is 10.8. The van der Waals surface area contributed by atoms with Crippen molar-refractivity contribution < 1.29 is 4.79 Å². The van der Waals surface area contributed by atoms with Crippen molar-refractivity contribution >= 4 is 17.2 Å². The van der Waals surface area contributed by atoms with Crippen LogP contribution >= 0.6 is 11.3 Å². The lowest BCUT2D eigenvalue weighted by molar-refractivity contribution is 0.0963. The molecule has 1 aromatic heterocycles. The van der Waals surface area contributed by atoms with Crippen molar-refractivity contribution in [2.75, 3.05) is 14.1 Å². The minimum atomic E-state index is -0.0536. The Morgan fingerprint density at radius 3 is 2.39 bits per heavy atom. The maximum absolute atomic E-state index is 11.5. The fourth-order valence-corrected chi connectivity index (χ4v) is 3.17. The van der Waals surface area contributed by atoms with Crippen molar-refractivity contribution in [1.29, 1.82) is 0 Å². The number of carbonyl (C=O) groups excluding carboxylic acids is 1. The molecule has 0 saturated heterocycles. The van der Waals surface area contributed by atoms with Crippen LogP contribution in [0.3, 0.4) is 0 Å². The number of hydrogen-bond donors (Lipinski definition) is 1. The largest absolute Gasteiger partial charge is 0.355 e. The minimum absolute atomic E-state index is 0.0536. The lowest BCUT2D eigenvalue weighted by Crippen LogP contribution is -2.19. The summed E-state index contributed by atoms with van der Waals surface area (Å²) in [7, 11) is 3.73. The molecule has 4 nitrogen and oxygen atoms in total. The van der Waals surface area contributed by atoms with Crippen LogP contribution in [0.2, 0.25) is 0 Å². The minimum Gasteiger partial charge on any atom is -0.355 e. The number of benzene rings is 1. The van der Waals surface area contributed by atoms with E-state index in [0.717, 1.165) is 18.8 Å². The van der Waals surface area contributed by atoms with Crippen LogP contribution in [0.5, 0.6) is 0 Å². The molecule has 0 bridgehead atoms. The van der Waals surface area contributed by atoms with Gasteiger partial charge in [-0.05, 0) is 24.7 Å². The zero-order valence-corrected chi connectivity index (χ0v) is 15.3. The number of nitrogens with one attached hydrogen (secondary N) is 1. The normalized spacial score (nSPS) is 11.7. The molecule has 0 aliphatic rings. The zero-order valence-electron chi connectivity index (χ0n) is 14.5. The molecule has 124 valence electrons. The molecule has 5 heteroatoms. The standard InChI is InChI=1S/C18H25N3OS/c1-18(2,3)17-20-15(12-23-17)11-21(5)10-13-6-8-14(9-7-13)16(22)19-4/h6-9,12H,10-11H2,1-5H3,(H,19,22). The first kappa shape index (κ1) is 17.6. The van der Waals surface area contributed by atoms with Crippen LogP contribution in [0.15, 0.2) is 29.6 Å². The first-order valence-electron chi connectivity index (χ1n) is 7.74. The Morgan fingerprint density at radius 1 is 1.22 bits per heavy atom. The molecule has 0 fully saturated rings. The van der Waals surface area contributed by atoms with Crippen LogP contribution in [0.4, 0.5) is 0 Å². The van der Waals surface area contributed by atoms with Crippen LogP contribution in [-0.2, 0) is 18.5 Å². The van der Waals surface area contributed by atoms with E-state index in [9.17, 15) is 4.79 Å².